The minimum Gasteiger partial charge on any atom is -0.493 e. The molecule has 0 saturated heterocycles. The number of nitrogens with zero attached hydrogens (tertiary/aromatic N) is 1. The molecule has 0 spiro atoms. The number of rotatable bonds is 6. The molecule has 23 heavy (non-hydrogen) atoms. The zero-order chi connectivity index (χ0) is 16.8. The highest BCUT2D eigenvalue weighted by atomic mass is 35.5. The second-order valence-corrected chi connectivity index (χ2v) is 5.82. The minimum absolute atomic E-state index is 0.0767. The first-order chi connectivity index (χ1) is 11.0. The molecule has 0 amide bonds. The average Bonchev–Trinajstić information content (AvgIpc) is 2.55. The van der Waals surface area contributed by atoms with Gasteiger partial charge in [-0.15, -0.1) is 0 Å². The average molecular weight is 332 g/mol. The smallest absolute Gasteiger partial charge is 0.180 e. The Morgan fingerprint density at radius 1 is 1.26 bits per heavy atom. The molecule has 0 radical (unpaired) electrons. The molecule has 2 aromatic rings. The lowest BCUT2D eigenvalue weighted by Crippen LogP contribution is -2.11. The highest BCUT2D eigenvalue weighted by Gasteiger charge is 2.14. The van der Waals surface area contributed by atoms with Gasteiger partial charge < -0.3 is 9.47 Å². The van der Waals surface area contributed by atoms with E-state index < -0.39 is 0 Å². The molecule has 4 heteroatoms. The Labute approximate surface area is 142 Å². The monoisotopic (exact) mass is 331 g/mol. The van der Waals surface area contributed by atoms with Gasteiger partial charge >= 0.3 is 0 Å². The van der Waals surface area contributed by atoms with Crippen molar-refractivity contribution in [3.8, 4) is 11.5 Å². The largest absolute Gasteiger partial charge is 0.493 e. The van der Waals surface area contributed by atoms with Crippen LogP contribution in [0.5, 0.6) is 11.5 Å². The summed E-state index contributed by atoms with van der Waals surface area (Å²) < 4.78 is 11.3. The van der Waals surface area contributed by atoms with Crippen LogP contribution < -0.4 is 9.47 Å². The molecule has 0 aliphatic rings. The standard InChI is InChI=1S/C19H22ClNO2/c1-5-14(3)23-19-16(20)10-15(11-18(19)22-4)12-21-17-9-7-6-8-13(17)2/h6-12,14H,5H2,1-4H3/t14-/m0/s1. The molecule has 0 unspecified atom stereocenters. The number of methoxy groups -OCH3 is 1. The molecule has 0 aliphatic heterocycles. The summed E-state index contributed by atoms with van der Waals surface area (Å²) in [5.41, 5.74) is 2.92. The fraction of sp³-hybridized carbons (Fsp3) is 0.316. The number of benzene rings is 2. The molecular formula is C19H22ClNO2. The van der Waals surface area contributed by atoms with Crippen LogP contribution in [0.25, 0.3) is 0 Å². The van der Waals surface area contributed by atoms with Crippen LogP contribution in [0.3, 0.4) is 0 Å². The van der Waals surface area contributed by atoms with Gasteiger partial charge in [0.25, 0.3) is 0 Å². The number of hydrogen-bond donors (Lipinski definition) is 0. The van der Waals surface area contributed by atoms with Crippen LogP contribution in [-0.2, 0) is 0 Å². The molecule has 0 fully saturated rings. The van der Waals surface area contributed by atoms with Gasteiger partial charge in [0.1, 0.15) is 0 Å². The van der Waals surface area contributed by atoms with E-state index in [4.69, 9.17) is 21.1 Å². The zero-order valence-corrected chi connectivity index (χ0v) is 14.7. The van der Waals surface area contributed by atoms with E-state index in [1.807, 2.05) is 50.2 Å². The summed E-state index contributed by atoms with van der Waals surface area (Å²) in [6.07, 6.45) is 2.76. The van der Waals surface area contributed by atoms with Crippen molar-refractivity contribution < 1.29 is 9.47 Å². The third-order valence-electron chi connectivity index (χ3n) is 3.61. The molecule has 3 nitrogen and oxygen atoms in total. The number of para-hydroxylation sites is 1. The van der Waals surface area contributed by atoms with Crippen LogP contribution in [0.4, 0.5) is 5.69 Å². The topological polar surface area (TPSA) is 30.8 Å². The maximum Gasteiger partial charge on any atom is 0.180 e. The Kier molecular flexibility index (Phi) is 6.05. The third kappa shape index (κ3) is 4.49. The summed E-state index contributed by atoms with van der Waals surface area (Å²) >= 11 is 6.36. The van der Waals surface area contributed by atoms with Gasteiger partial charge in [-0.2, -0.15) is 0 Å². The van der Waals surface area contributed by atoms with Crippen molar-refractivity contribution in [2.24, 2.45) is 4.99 Å². The Morgan fingerprint density at radius 2 is 2.00 bits per heavy atom. The summed E-state index contributed by atoms with van der Waals surface area (Å²) in [5.74, 6) is 1.19. The molecule has 0 N–H and O–H groups in total. The molecular weight excluding hydrogens is 310 g/mol. The molecule has 0 aromatic heterocycles. The van der Waals surface area contributed by atoms with Gasteiger partial charge in [-0.3, -0.25) is 4.99 Å². The summed E-state index contributed by atoms with van der Waals surface area (Å²) in [6, 6.07) is 11.7. The molecule has 0 bridgehead atoms. The lowest BCUT2D eigenvalue weighted by atomic mass is 10.2. The number of aliphatic imine (C=N–C) groups is 1. The molecule has 0 saturated carbocycles. The van der Waals surface area contributed by atoms with Gasteiger partial charge in [0.15, 0.2) is 11.5 Å². The normalized spacial score (nSPS) is 12.4. The maximum atomic E-state index is 6.36. The SMILES string of the molecule is CC[C@H](C)Oc1c(Cl)cc(C=Nc2ccccc2C)cc1OC. The summed E-state index contributed by atoms with van der Waals surface area (Å²) in [5, 5.41) is 0.524. The van der Waals surface area contributed by atoms with Crippen LogP contribution in [0.1, 0.15) is 31.4 Å². The lowest BCUT2D eigenvalue weighted by Gasteiger charge is -2.17. The van der Waals surface area contributed by atoms with Gasteiger partial charge in [-0.25, -0.2) is 0 Å². The van der Waals surface area contributed by atoms with Crippen LogP contribution in [0.2, 0.25) is 5.02 Å². The van der Waals surface area contributed by atoms with Crippen molar-refractivity contribution in [3.63, 3.8) is 0 Å². The molecule has 0 aliphatic carbocycles. The van der Waals surface area contributed by atoms with Crippen LogP contribution >= 0.6 is 11.6 Å². The summed E-state index contributed by atoms with van der Waals surface area (Å²) in [6.45, 7) is 6.10. The van der Waals surface area contributed by atoms with Crippen molar-refractivity contribution in [1.29, 1.82) is 0 Å². The second-order valence-electron chi connectivity index (χ2n) is 5.42. The van der Waals surface area contributed by atoms with Gasteiger partial charge in [-0.1, -0.05) is 36.7 Å². The molecule has 2 rings (SSSR count). The van der Waals surface area contributed by atoms with E-state index in [1.54, 1.807) is 13.3 Å². The summed E-state index contributed by atoms with van der Waals surface area (Å²) in [4.78, 5) is 4.52. The lowest BCUT2D eigenvalue weighted by molar-refractivity contribution is 0.208. The molecule has 122 valence electrons. The van der Waals surface area contributed by atoms with E-state index in [0.717, 1.165) is 23.2 Å². The second kappa shape index (κ2) is 8.02. The number of hydrogen-bond acceptors (Lipinski definition) is 3. The Balaban J connectivity index is 2.31. The van der Waals surface area contributed by atoms with Crippen LogP contribution in [-0.4, -0.2) is 19.4 Å². The van der Waals surface area contributed by atoms with Crippen molar-refractivity contribution in [2.75, 3.05) is 7.11 Å². The van der Waals surface area contributed by atoms with E-state index in [2.05, 4.69) is 11.9 Å². The quantitative estimate of drug-likeness (QED) is 0.646. The van der Waals surface area contributed by atoms with Gasteiger partial charge in [0, 0.05) is 6.21 Å². The van der Waals surface area contributed by atoms with E-state index in [9.17, 15) is 0 Å². The Hall–Kier alpha value is -2.00. The van der Waals surface area contributed by atoms with E-state index in [-0.39, 0.29) is 6.10 Å². The predicted molar refractivity (Wildman–Crippen MR) is 96.8 cm³/mol. The maximum absolute atomic E-state index is 6.36. The first-order valence-electron chi connectivity index (χ1n) is 7.69. The fourth-order valence-electron chi connectivity index (χ4n) is 2.07. The highest BCUT2D eigenvalue weighted by molar-refractivity contribution is 6.32. The van der Waals surface area contributed by atoms with Crippen molar-refractivity contribution in [3.05, 3.63) is 52.5 Å². The Bertz CT molecular complexity index is 698. The van der Waals surface area contributed by atoms with E-state index >= 15 is 0 Å². The number of ether oxygens (including phenoxy) is 2. The first-order valence-corrected chi connectivity index (χ1v) is 8.06. The van der Waals surface area contributed by atoms with E-state index in [0.29, 0.717) is 16.5 Å². The molecule has 2 aromatic carbocycles. The van der Waals surface area contributed by atoms with E-state index in [1.165, 1.54) is 0 Å². The van der Waals surface area contributed by atoms with Gasteiger partial charge in [0.2, 0.25) is 0 Å². The highest BCUT2D eigenvalue weighted by Crippen LogP contribution is 2.37. The predicted octanol–water partition coefficient (Wildman–Crippen LogP) is 5.58. The first kappa shape index (κ1) is 17.4. The van der Waals surface area contributed by atoms with Gasteiger partial charge in [-0.05, 0) is 49.6 Å². The number of halogens is 1. The third-order valence-corrected chi connectivity index (χ3v) is 3.89. The van der Waals surface area contributed by atoms with Crippen molar-refractivity contribution in [2.45, 2.75) is 33.3 Å². The van der Waals surface area contributed by atoms with Crippen molar-refractivity contribution >= 4 is 23.5 Å². The number of aryl methyl sites for hydroxylation is 1. The molecule has 0 heterocycles. The fourth-order valence-corrected chi connectivity index (χ4v) is 2.33. The van der Waals surface area contributed by atoms with Crippen LogP contribution in [0, 0.1) is 6.92 Å². The van der Waals surface area contributed by atoms with Crippen LogP contribution in [0.15, 0.2) is 41.4 Å². The van der Waals surface area contributed by atoms with Crippen molar-refractivity contribution in [1.82, 2.24) is 0 Å². The summed E-state index contributed by atoms with van der Waals surface area (Å²) in [7, 11) is 1.61. The van der Waals surface area contributed by atoms with Gasteiger partial charge in [0.05, 0.1) is 23.9 Å². The Morgan fingerprint density at radius 3 is 2.65 bits per heavy atom. The molecule has 1 atom stereocenters. The zero-order valence-electron chi connectivity index (χ0n) is 14.0. The minimum atomic E-state index is 0.0767.